The molecule has 44 heavy (non-hydrogen) atoms. The summed E-state index contributed by atoms with van der Waals surface area (Å²) in [6, 6.07) is 9.64. The molecule has 1 saturated heterocycles. The average Bonchev–Trinajstić information content (AvgIpc) is 3.73. The van der Waals surface area contributed by atoms with E-state index in [4.69, 9.17) is 20.7 Å². The molecule has 0 spiro atoms. The topological polar surface area (TPSA) is 114 Å². The SMILES string of the molecule is CCCCCCCc1ccc(C(=O)N2CCC(Nc3nc(NC4CCC(N)CC4)nc4c3ncn4C3CCCC3)CC2)cc1. The normalized spacial score (nSPS) is 21.6. The maximum atomic E-state index is 13.3. The van der Waals surface area contributed by atoms with Gasteiger partial charge < -0.3 is 25.8 Å². The zero-order valence-electron chi connectivity index (χ0n) is 26.6. The summed E-state index contributed by atoms with van der Waals surface area (Å²) in [6.07, 6.45) is 20.2. The fourth-order valence-corrected chi connectivity index (χ4v) is 7.33. The van der Waals surface area contributed by atoms with Crippen LogP contribution in [0.25, 0.3) is 11.2 Å². The predicted molar refractivity (Wildman–Crippen MR) is 178 cm³/mol. The Morgan fingerprint density at radius 1 is 0.864 bits per heavy atom. The number of amides is 1. The summed E-state index contributed by atoms with van der Waals surface area (Å²) in [5.74, 6) is 1.62. The quantitative estimate of drug-likeness (QED) is 0.195. The van der Waals surface area contributed by atoms with Crippen LogP contribution in [0.15, 0.2) is 30.6 Å². The molecule has 3 fully saturated rings. The van der Waals surface area contributed by atoms with E-state index in [1.807, 2.05) is 23.4 Å². The number of aryl methyl sites for hydroxylation is 1. The van der Waals surface area contributed by atoms with Crippen LogP contribution in [0.1, 0.15) is 125 Å². The van der Waals surface area contributed by atoms with Crippen LogP contribution in [-0.4, -0.2) is 61.5 Å². The van der Waals surface area contributed by atoms with Gasteiger partial charge in [-0.25, -0.2) is 4.98 Å². The molecule has 9 nitrogen and oxygen atoms in total. The number of carbonyl (C=O) groups excluding carboxylic acids is 1. The van der Waals surface area contributed by atoms with E-state index in [2.05, 4.69) is 34.3 Å². The van der Waals surface area contributed by atoms with Crippen molar-refractivity contribution in [2.45, 2.75) is 134 Å². The van der Waals surface area contributed by atoms with Crippen LogP contribution in [0.5, 0.6) is 0 Å². The van der Waals surface area contributed by atoms with E-state index in [9.17, 15) is 4.79 Å². The summed E-state index contributed by atoms with van der Waals surface area (Å²) in [5.41, 5.74) is 10.0. The molecule has 0 unspecified atom stereocenters. The smallest absolute Gasteiger partial charge is 0.253 e. The van der Waals surface area contributed by atoms with Crippen LogP contribution < -0.4 is 16.4 Å². The summed E-state index contributed by atoms with van der Waals surface area (Å²) in [7, 11) is 0. The van der Waals surface area contributed by atoms with E-state index in [-0.39, 0.29) is 11.9 Å². The molecule has 3 aliphatic rings. The average molecular weight is 601 g/mol. The van der Waals surface area contributed by atoms with E-state index >= 15 is 0 Å². The zero-order valence-corrected chi connectivity index (χ0v) is 26.6. The first kappa shape index (κ1) is 30.8. The first-order valence-electron chi connectivity index (χ1n) is 17.5. The van der Waals surface area contributed by atoms with E-state index in [1.165, 1.54) is 63.4 Å². The molecule has 1 aliphatic heterocycles. The Bertz CT molecular complexity index is 1350. The van der Waals surface area contributed by atoms with Gasteiger partial charge in [-0.15, -0.1) is 0 Å². The zero-order chi connectivity index (χ0) is 30.3. The Morgan fingerprint density at radius 2 is 1.57 bits per heavy atom. The predicted octanol–water partition coefficient (Wildman–Crippen LogP) is 6.85. The van der Waals surface area contributed by atoms with Crippen molar-refractivity contribution in [2.24, 2.45) is 5.73 Å². The number of imidazole rings is 1. The summed E-state index contributed by atoms with van der Waals surface area (Å²) < 4.78 is 2.27. The number of piperidine rings is 1. The van der Waals surface area contributed by atoms with Gasteiger partial charge in [0.25, 0.3) is 5.91 Å². The number of hydrogen-bond donors (Lipinski definition) is 3. The summed E-state index contributed by atoms with van der Waals surface area (Å²) in [6.45, 7) is 3.71. The van der Waals surface area contributed by atoms with Crippen molar-refractivity contribution in [3.8, 4) is 0 Å². The minimum atomic E-state index is 0.136. The highest BCUT2D eigenvalue weighted by molar-refractivity contribution is 5.94. The molecule has 4 N–H and O–H groups in total. The first-order valence-corrected chi connectivity index (χ1v) is 17.5. The molecule has 2 aliphatic carbocycles. The minimum absolute atomic E-state index is 0.136. The largest absolute Gasteiger partial charge is 0.365 e. The molecule has 238 valence electrons. The molecular weight excluding hydrogens is 548 g/mol. The number of anilines is 2. The number of fused-ring (bicyclic) bond motifs is 1. The lowest BCUT2D eigenvalue weighted by molar-refractivity contribution is 0.0718. The third-order valence-corrected chi connectivity index (χ3v) is 10.1. The summed E-state index contributed by atoms with van der Waals surface area (Å²) in [5, 5.41) is 7.36. The van der Waals surface area contributed by atoms with Crippen molar-refractivity contribution in [2.75, 3.05) is 23.7 Å². The van der Waals surface area contributed by atoms with Crippen molar-refractivity contribution in [3.63, 3.8) is 0 Å². The van der Waals surface area contributed by atoms with Crippen molar-refractivity contribution in [1.29, 1.82) is 0 Å². The maximum Gasteiger partial charge on any atom is 0.253 e. The van der Waals surface area contributed by atoms with Crippen molar-refractivity contribution < 1.29 is 4.79 Å². The molecule has 2 saturated carbocycles. The first-order chi connectivity index (χ1) is 21.6. The van der Waals surface area contributed by atoms with Crippen LogP contribution in [0.2, 0.25) is 0 Å². The number of likely N-dealkylation sites (tertiary alicyclic amines) is 1. The third kappa shape index (κ3) is 7.53. The van der Waals surface area contributed by atoms with Gasteiger partial charge >= 0.3 is 0 Å². The Balaban J connectivity index is 1.08. The number of rotatable bonds is 12. The second-order valence-electron chi connectivity index (χ2n) is 13.5. The molecule has 2 aromatic heterocycles. The third-order valence-electron chi connectivity index (χ3n) is 10.1. The second kappa shape index (κ2) is 14.7. The standard InChI is InChI=1S/C35H52N8O/c1-2-3-4-5-6-9-25-12-14-26(15-13-25)34(44)42-22-20-29(21-23-42)38-32-31-33(43(24-37-31)30-10-7-8-11-30)41-35(40-32)39-28-18-16-27(36)17-19-28/h12-15,24,27-30H,2-11,16-23,36H2,1H3,(H2,38,39,40,41). The highest BCUT2D eigenvalue weighted by Gasteiger charge is 2.27. The molecule has 3 heterocycles. The highest BCUT2D eigenvalue weighted by atomic mass is 16.2. The lowest BCUT2D eigenvalue weighted by atomic mass is 9.92. The van der Waals surface area contributed by atoms with Gasteiger partial charge in [0, 0.05) is 42.8 Å². The maximum absolute atomic E-state index is 13.3. The van der Waals surface area contributed by atoms with Crippen LogP contribution >= 0.6 is 0 Å². The molecule has 1 aromatic carbocycles. The Hall–Kier alpha value is -3.20. The fourth-order valence-electron chi connectivity index (χ4n) is 7.33. The van der Waals surface area contributed by atoms with E-state index in [0.29, 0.717) is 24.1 Å². The van der Waals surface area contributed by atoms with Gasteiger partial charge in [-0.2, -0.15) is 9.97 Å². The van der Waals surface area contributed by atoms with E-state index < -0.39 is 0 Å². The number of carbonyl (C=O) groups is 1. The molecule has 6 rings (SSSR count). The molecule has 9 heteroatoms. The molecule has 0 radical (unpaired) electrons. The van der Waals surface area contributed by atoms with Crippen molar-refractivity contribution in [3.05, 3.63) is 41.7 Å². The summed E-state index contributed by atoms with van der Waals surface area (Å²) in [4.78, 5) is 30.1. The van der Waals surface area contributed by atoms with Gasteiger partial charge in [-0.1, -0.05) is 57.6 Å². The van der Waals surface area contributed by atoms with E-state index in [0.717, 1.165) is 80.6 Å². The molecular formula is C35H52N8O. The number of aromatic nitrogens is 4. The molecule has 1 amide bonds. The van der Waals surface area contributed by atoms with Gasteiger partial charge in [-0.3, -0.25) is 4.79 Å². The highest BCUT2D eigenvalue weighted by Crippen LogP contribution is 2.34. The fraction of sp³-hybridized carbons (Fsp3) is 0.657. The van der Waals surface area contributed by atoms with Gasteiger partial charge in [0.2, 0.25) is 5.95 Å². The lowest BCUT2D eigenvalue weighted by Gasteiger charge is -2.33. The van der Waals surface area contributed by atoms with Crippen LogP contribution in [-0.2, 0) is 6.42 Å². The van der Waals surface area contributed by atoms with Crippen molar-refractivity contribution >= 4 is 28.8 Å². The molecule has 0 bridgehead atoms. The van der Waals surface area contributed by atoms with Crippen LogP contribution in [0.4, 0.5) is 11.8 Å². The van der Waals surface area contributed by atoms with Crippen LogP contribution in [0, 0.1) is 0 Å². The monoisotopic (exact) mass is 600 g/mol. The van der Waals surface area contributed by atoms with Gasteiger partial charge in [0.15, 0.2) is 17.0 Å². The number of nitrogens with one attached hydrogen (secondary N) is 2. The van der Waals surface area contributed by atoms with Gasteiger partial charge in [0.05, 0.1) is 6.33 Å². The Labute approximate surface area is 262 Å². The number of unbranched alkanes of at least 4 members (excludes halogenated alkanes) is 4. The number of nitrogens with two attached hydrogens (primary N) is 1. The number of hydrogen-bond acceptors (Lipinski definition) is 7. The van der Waals surface area contributed by atoms with E-state index in [1.54, 1.807) is 0 Å². The van der Waals surface area contributed by atoms with Crippen molar-refractivity contribution in [1.82, 2.24) is 24.4 Å². The van der Waals surface area contributed by atoms with Crippen LogP contribution in [0.3, 0.4) is 0 Å². The Kier molecular flexibility index (Phi) is 10.3. The number of benzene rings is 1. The minimum Gasteiger partial charge on any atom is -0.365 e. The van der Waals surface area contributed by atoms with Gasteiger partial charge in [-0.05, 0) is 81.9 Å². The molecule has 0 atom stereocenters. The molecule has 3 aromatic rings. The lowest BCUT2D eigenvalue weighted by Crippen LogP contribution is -2.42. The number of nitrogens with zero attached hydrogens (tertiary/aromatic N) is 5. The van der Waals surface area contributed by atoms with Gasteiger partial charge in [0.1, 0.15) is 0 Å². The summed E-state index contributed by atoms with van der Waals surface area (Å²) >= 11 is 0. The second-order valence-corrected chi connectivity index (χ2v) is 13.5. The Morgan fingerprint density at radius 3 is 2.30 bits per heavy atom.